The van der Waals surface area contributed by atoms with Crippen molar-refractivity contribution >= 4 is 5.95 Å². The molecule has 1 atom stereocenters. The summed E-state index contributed by atoms with van der Waals surface area (Å²) in [6, 6.07) is 2.01. The van der Waals surface area contributed by atoms with Crippen molar-refractivity contribution in [2.24, 2.45) is 0 Å². The van der Waals surface area contributed by atoms with Crippen molar-refractivity contribution < 1.29 is 0 Å². The maximum absolute atomic E-state index is 11.2. The number of aromatic nitrogens is 2. The Bertz CT molecular complexity index is 410. The number of hydrogen-bond donors (Lipinski definition) is 3. The fourth-order valence-corrected chi connectivity index (χ4v) is 2.01. The van der Waals surface area contributed by atoms with E-state index in [4.69, 9.17) is 5.73 Å². The average molecular weight is 223 g/mol. The van der Waals surface area contributed by atoms with Gasteiger partial charge in [0, 0.05) is 25.2 Å². The number of aromatic amines is 1. The van der Waals surface area contributed by atoms with Crippen LogP contribution in [0.4, 0.5) is 5.95 Å². The molecule has 0 radical (unpaired) electrons. The van der Waals surface area contributed by atoms with Gasteiger partial charge in [-0.25, -0.2) is 4.98 Å². The van der Waals surface area contributed by atoms with Crippen LogP contribution in [0.2, 0.25) is 0 Å². The summed E-state index contributed by atoms with van der Waals surface area (Å²) in [7, 11) is 2.04. The lowest BCUT2D eigenvalue weighted by molar-refractivity contribution is 0.246. The third kappa shape index (κ3) is 2.59. The molecule has 0 saturated carbocycles. The molecule has 1 unspecified atom stereocenters. The average Bonchev–Trinajstić information content (AvgIpc) is 2.68. The fraction of sp³-hybridized carbons (Fsp3) is 0.600. The summed E-state index contributed by atoms with van der Waals surface area (Å²) >= 11 is 0. The summed E-state index contributed by atoms with van der Waals surface area (Å²) in [5, 5.41) is 3.31. The minimum absolute atomic E-state index is 0.181. The molecule has 1 fully saturated rings. The summed E-state index contributed by atoms with van der Waals surface area (Å²) in [5.74, 6) is 0.181. The van der Waals surface area contributed by atoms with E-state index in [1.54, 1.807) is 0 Å². The number of H-pyrrole nitrogens is 1. The standard InChI is InChI=1S/C10H17N5O/c1-15(8-2-3-12-5-8)6-7-4-9(16)14-10(11)13-7/h4,8,12H,2-3,5-6H2,1H3,(H3,11,13,14,16). The number of anilines is 1. The lowest BCUT2D eigenvalue weighted by Gasteiger charge is -2.22. The molecule has 2 heterocycles. The predicted octanol–water partition coefficient (Wildman–Crippen LogP) is -0.854. The Hall–Kier alpha value is -1.40. The molecule has 6 heteroatoms. The molecule has 1 aromatic heterocycles. The molecular weight excluding hydrogens is 206 g/mol. The van der Waals surface area contributed by atoms with Crippen LogP contribution in [0, 0.1) is 0 Å². The first-order valence-corrected chi connectivity index (χ1v) is 5.42. The maximum atomic E-state index is 11.2. The summed E-state index contributed by atoms with van der Waals surface area (Å²) in [6.07, 6.45) is 1.13. The van der Waals surface area contributed by atoms with Crippen molar-refractivity contribution in [2.45, 2.75) is 19.0 Å². The van der Waals surface area contributed by atoms with Crippen LogP contribution in [0.3, 0.4) is 0 Å². The summed E-state index contributed by atoms with van der Waals surface area (Å²) in [4.78, 5) is 19.9. The fourth-order valence-electron chi connectivity index (χ4n) is 2.01. The first-order valence-electron chi connectivity index (χ1n) is 5.42. The number of nitrogens with two attached hydrogens (primary N) is 1. The molecule has 0 aromatic carbocycles. The van der Waals surface area contributed by atoms with Gasteiger partial charge in [0.15, 0.2) is 0 Å². The van der Waals surface area contributed by atoms with Crippen LogP contribution in [0.15, 0.2) is 10.9 Å². The SMILES string of the molecule is CN(Cc1cc(=O)[nH]c(N)n1)C1CCNC1. The topological polar surface area (TPSA) is 87.0 Å². The van der Waals surface area contributed by atoms with Crippen LogP contribution in [0.1, 0.15) is 12.1 Å². The van der Waals surface area contributed by atoms with Gasteiger partial charge >= 0.3 is 0 Å². The number of nitrogens with one attached hydrogen (secondary N) is 2. The zero-order valence-electron chi connectivity index (χ0n) is 9.36. The third-order valence-electron chi connectivity index (χ3n) is 2.88. The van der Waals surface area contributed by atoms with E-state index in [1.807, 2.05) is 7.05 Å². The third-order valence-corrected chi connectivity index (χ3v) is 2.88. The highest BCUT2D eigenvalue weighted by Crippen LogP contribution is 2.09. The van der Waals surface area contributed by atoms with E-state index < -0.39 is 0 Å². The zero-order chi connectivity index (χ0) is 11.5. The lowest BCUT2D eigenvalue weighted by Crippen LogP contribution is -2.33. The van der Waals surface area contributed by atoms with Crippen LogP contribution < -0.4 is 16.6 Å². The number of likely N-dealkylation sites (N-methyl/N-ethyl adjacent to an activating group) is 1. The predicted molar refractivity (Wildman–Crippen MR) is 62.0 cm³/mol. The van der Waals surface area contributed by atoms with E-state index in [-0.39, 0.29) is 11.5 Å². The smallest absolute Gasteiger partial charge is 0.252 e. The molecule has 6 nitrogen and oxygen atoms in total. The van der Waals surface area contributed by atoms with Crippen LogP contribution in [0.25, 0.3) is 0 Å². The number of hydrogen-bond acceptors (Lipinski definition) is 5. The van der Waals surface area contributed by atoms with Gasteiger partial charge < -0.3 is 11.1 Å². The van der Waals surface area contributed by atoms with Crippen molar-refractivity contribution in [1.29, 1.82) is 0 Å². The van der Waals surface area contributed by atoms with Gasteiger partial charge in [-0.15, -0.1) is 0 Å². The summed E-state index contributed by atoms with van der Waals surface area (Å²) < 4.78 is 0. The molecule has 0 amide bonds. The molecule has 1 saturated heterocycles. The van der Waals surface area contributed by atoms with Crippen molar-refractivity contribution in [2.75, 3.05) is 25.9 Å². The lowest BCUT2D eigenvalue weighted by atomic mass is 10.2. The summed E-state index contributed by atoms with van der Waals surface area (Å²) in [5.41, 5.74) is 6.02. The van der Waals surface area contributed by atoms with Crippen LogP contribution in [-0.4, -0.2) is 41.0 Å². The normalized spacial score (nSPS) is 20.5. The first kappa shape index (κ1) is 11.1. The van der Waals surface area contributed by atoms with Crippen LogP contribution in [-0.2, 0) is 6.54 Å². The number of rotatable bonds is 3. The Labute approximate surface area is 93.9 Å². The van der Waals surface area contributed by atoms with Gasteiger partial charge in [-0.2, -0.15) is 0 Å². The van der Waals surface area contributed by atoms with Gasteiger partial charge in [0.05, 0.1) is 5.69 Å². The molecule has 0 aliphatic carbocycles. The minimum Gasteiger partial charge on any atom is -0.369 e. The monoisotopic (exact) mass is 223 g/mol. The molecule has 0 bridgehead atoms. The van der Waals surface area contributed by atoms with Gasteiger partial charge in [0.2, 0.25) is 5.95 Å². The zero-order valence-corrected chi connectivity index (χ0v) is 9.36. The molecule has 16 heavy (non-hydrogen) atoms. The molecule has 1 aromatic rings. The Balaban J connectivity index is 2.05. The van der Waals surface area contributed by atoms with Crippen molar-refractivity contribution in [3.8, 4) is 0 Å². The highest BCUT2D eigenvalue weighted by molar-refractivity contribution is 5.17. The molecule has 1 aliphatic heterocycles. The van der Waals surface area contributed by atoms with Gasteiger partial charge in [-0.1, -0.05) is 0 Å². The first-order chi connectivity index (χ1) is 7.65. The molecule has 88 valence electrons. The van der Waals surface area contributed by atoms with Gasteiger partial charge in [0.25, 0.3) is 5.56 Å². The molecule has 0 spiro atoms. The molecule has 2 rings (SSSR count). The van der Waals surface area contributed by atoms with E-state index in [1.165, 1.54) is 6.07 Å². The largest absolute Gasteiger partial charge is 0.369 e. The van der Waals surface area contributed by atoms with E-state index in [9.17, 15) is 4.79 Å². The molecular formula is C10H17N5O. The molecule has 1 aliphatic rings. The van der Waals surface area contributed by atoms with Gasteiger partial charge in [-0.05, 0) is 20.0 Å². The van der Waals surface area contributed by atoms with Gasteiger partial charge in [0.1, 0.15) is 0 Å². The van der Waals surface area contributed by atoms with Crippen molar-refractivity contribution in [1.82, 2.24) is 20.2 Å². The van der Waals surface area contributed by atoms with Crippen LogP contribution in [0.5, 0.6) is 0 Å². The van der Waals surface area contributed by atoms with E-state index in [2.05, 4.69) is 20.2 Å². The van der Waals surface area contributed by atoms with E-state index in [0.29, 0.717) is 12.6 Å². The highest BCUT2D eigenvalue weighted by Gasteiger charge is 2.19. The minimum atomic E-state index is -0.194. The Morgan fingerprint density at radius 3 is 3.12 bits per heavy atom. The second kappa shape index (κ2) is 4.63. The highest BCUT2D eigenvalue weighted by atomic mass is 16.1. The number of nitrogens with zero attached hydrogens (tertiary/aromatic N) is 2. The second-order valence-electron chi connectivity index (χ2n) is 4.18. The number of nitrogen functional groups attached to an aromatic ring is 1. The van der Waals surface area contributed by atoms with Crippen molar-refractivity contribution in [3.63, 3.8) is 0 Å². The maximum Gasteiger partial charge on any atom is 0.252 e. The molecule has 4 N–H and O–H groups in total. The Kier molecular flexibility index (Phi) is 3.21. The van der Waals surface area contributed by atoms with Crippen molar-refractivity contribution in [3.05, 3.63) is 22.1 Å². The van der Waals surface area contributed by atoms with E-state index >= 15 is 0 Å². The second-order valence-corrected chi connectivity index (χ2v) is 4.18. The Morgan fingerprint density at radius 2 is 2.50 bits per heavy atom. The van der Waals surface area contributed by atoms with Crippen LogP contribution >= 0.6 is 0 Å². The quantitative estimate of drug-likeness (QED) is 0.621. The van der Waals surface area contributed by atoms with E-state index in [0.717, 1.165) is 25.2 Å². The van der Waals surface area contributed by atoms with Gasteiger partial charge in [-0.3, -0.25) is 14.7 Å². The Morgan fingerprint density at radius 1 is 1.69 bits per heavy atom. The summed E-state index contributed by atoms with van der Waals surface area (Å²) in [6.45, 7) is 2.70.